The van der Waals surface area contributed by atoms with Crippen LogP contribution in [0.1, 0.15) is 34.0 Å². The third kappa shape index (κ3) is 3.69. The van der Waals surface area contributed by atoms with Crippen LogP contribution in [0, 0.1) is 0 Å². The lowest BCUT2D eigenvalue weighted by Gasteiger charge is -2.20. The first-order chi connectivity index (χ1) is 9.18. The smallest absolute Gasteiger partial charge is 0.416 e. The number of rotatable bonds is 5. The second-order valence-electron chi connectivity index (χ2n) is 4.13. The van der Waals surface area contributed by atoms with E-state index in [2.05, 4.69) is 0 Å². The third-order valence-corrected chi connectivity index (χ3v) is 2.72. The van der Waals surface area contributed by atoms with Gasteiger partial charge in [-0.15, -0.1) is 0 Å². The molecule has 0 radical (unpaired) electrons. The van der Waals surface area contributed by atoms with Gasteiger partial charge in [-0.25, -0.2) is 4.79 Å². The van der Waals surface area contributed by atoms with E-state index in [0.29, 0.717) is 12.1 Å². The van der Waals surface area contributed by atoms with Gasteiger partial charge in [-0.3, -0.25) is 0 Å². The van der Waals surface area contributed by atoms with E-state index in [0.717, 1.165) is 6.07 Å². The zero-order valence-electron chi connectivity index (χ0n) is 10.1. The summed E-state index contributed by atoms with van der Waals surface area (Å²) in [4.78, 5) is 10.9. The average molecular weight is 294 g/mol. The van der Waals surface area contributed by atoms with Crippen LogP contribution in [-0.2, 0) is 6.18 Å². The van der Waals surface area contributed by atoms with Crippen LogP contribution >= 0.6 is 0 Å². The maximum absolute atomic E-state index is 12.6. The van der Waals surface area contributed by atoms with Gasteiger partial charge < -0.3 is 20.4 Å². The first-order valence-electron chi connectivity index (χ1n) is 5.60. The zero-order chi connectivity index (χ0) is 15.5. The van der Waals surface area contributed by atoms with E-state index in [1.54, 1.807) is 0 Å². The van der Waals surface area contributed by atoms with Crippen molar-refractivity contribution < 1.29 is 38.4 Å². The maximum atomic E-state index is 12.6. The topological polar surface area (TPSA) is 98.0 Å². The molecule has 1 aromatic carbocycles. The molecule has 0 spiro atoms. The lowest BCUT2D eigenvalue weighted by molar-refractivity contribution is -0.137. The minimum absolute atomic E-state index is 0.295. The van der Waals surface area contributed by atoms with Gasteiger partial charge in [0.05, 0.1) is 17.2 Å². The van der Waals surface area contributed by atoms with Crippen LogP contribution in [0.4, 0.5) is 13.2 Å². The number of carbonyl (C=O) groups is 1. The number of aromatic carboxylic acids is 1. The monoisotopic (exact) mass is 294 g/mol. The fourth-order valence-electron chi connectivity index (χ4n) is 1.68. The number of aliphatic hydroxyl groups excluding tert-OH is 3. The number of alkyl halides is 3. The van der Waals surface area contributed by atoms with E-state index in [4.69, 9.17) is 10.2 Å². The highest BCUT2D eigenvalue weighted by molar-refractivity contribution is 5.89. The van der Waals surface area contributed by atoms with Gasteiger partial charge in [-0.2, -0.15) is 13.2 Å². The summed E-state index contributed by atoms with van der Waals surface area (Å²) in [7, 11) is 0. The number of carboxylic acid groups (broad SMARTS) is 1. The van der Waals surface area contributed by atoms with Crippen molar-refractivity contribution in [2.24, 2.45) is 0 Å². The molecular formula is C12H13F3O5. The van der Waals surface area contributed by atoms with Crippen molar-refractivity contribution in [3.05, 3.63) is 34.9 Å². The van der Waals surface area contributed by atoms with E-state index in [-0.39, 0.29) is 6.42 Å². The van der Waals surface area contributed by atoms with Crippen molar-refractivity contribution in [1.29, 1.82) is 0 Å². The van der Waals surface area contributed by atoms with Gasteiger partial charge in [-0.1, -0.05) is 0 Å². The second kappa shape index (κ2) is 6.21. The molecule has 20 heavy (non-hydrogen) atoms. The maximum Gasteiger partial charge on any atom is 0.416 e. The van der Waals surface area contributed by atoms with Crippen LogP contribution in [0.25, 0.3) is 0 Å². The first kappa shape index (κ1) is 16.4. The fraction of sp³-hybridized carbons (Fsp3) is 0.417. The van der Waals surface area contributed by atoms with Gasteiger partial charge in [0.1, 0.15) is 6.10 Å². The molecule has 0 aliphatic heterocycles. The Hall–Kier alpha value is -1.64. The van der Waals surface area contributed by atoms with Crippen LogP contribution in [0.5, 0.6) is 0 Å². The summed E-state index contributed by atoms with van der Waals surface area (Å²) in [5, 5.41) is 36.8. The Kier molecular flexibility index (Phi) is 5.09. The number of benzene rings is 1. The van der Waals surface area contributed by atoms with Gasteiger partial charge in [0, 0.05) is 6.61 Å². The molecule has 0 aromatic heterocycles. The average Bonchev–Trinajstić information content (AvgIpc) is 2.36. The Morgan fingerprint density at radius 1 is 1.25 bits per heavy atom. The van der Waals surface area contributed by atoms with Crippen LogP contribution in [0.15, 0.2) is 18.2 Å². The molecule has 0 saturated carbocycles. The van der Waals surface area contributed by atoms with Crippen molar-refractivity contribution in [2.75, 3.05) is 6.61 Å². The van der Waals surface area contributed by atoms with Crippen LogP contribution in [-0.4, -0.2) is 39.1 Å². The van der Waals surface area contributed by atoms with Crippen molar-refractivity contribution in [3.63, 3.8) is 0 Å². The van der Waals surface area contributed by atoms with Crippen molar-refractivity contribution in [1.82, 2.24) is 0 Å². The summed E-state index contributed by atoms with van der Waals surface area (Å²) in [6, 6.07) is 1.78. The molecule has 0 heterocycles. The zero-order valence-corrected chi connectivity index (χ0v) is 10.1. The second-order valence-corrected chi connectivity index (χ2v) is 4.13. The van der Waals surface area contributed by atoms with Crippen LogP contribution in [0.2, 0.25) is 0 Å². The number of hydrogen-bond acceptors (Lipinski definition) is 4. The Morgan fingerprint density at radius 2 is 1.85 bits per heavy atom. The van der Waals surface area contributed by atoms with E-state index in [1.807, 2.05) is 0 Å². The number of halogens is 3. The first-order valence-corrected chi connectivity index (χ1v) is 5.60. The summed E-state index contributed by atoms with van der Waals surface area (Å²) in [5.74, 6) is -1.52. The molecule has 0 bridgehead atoms. The predicted octanol–water partition coefficient (Wildman–Crippen LogP) is 1.18. The highest BCUT2D eigenvalue weighted by Gasteiger charge is 2.33. The fourth-order valence-corrected chi connectivity index (χ4v) is 1.68. The molecule has 2 unspecified atom stereocenters. The molecule has 0 saturated heterocycles. The number of aliphatic hydroxyl groups is 3. The highest BCUT2D eigenvalue weighted by Crippen LogP contribution is 2.33. The molecule has 8 heteroatoms. The Balaban J connectivity index is 3.28. The number of hydrogen-bond donors (Lipinski definition) is 4. The lowest BCUT2D eigenvalue weighted by atomic mass is 9.95. The van der Waals surface area contributed by atoms with Crippen LogP contribution < -0.4 is 0 Å². The molecular weight excluding hydrogens is 281 g/mol. The van der Waals surface area contributed by atoms with Crippen molar-refractivity contribution >= 4 is 5.97 Å². The third-order valence-electron chi connectivity index (χ3n) is 2.72. The molecule has 0 aliphatic rings. The minimum atomic E-state index is -4.70. The molecule has 0 fully saturated rings. The summed E-state index contributed by atoms with van der Waals surface area (Å²) in [5.41, 5.74) is -2.22. The molecule has 1 rings (SSSR count). The number of carboxylic acids is 1. The van der Waals surface area contributed by atoms with E-state index < -0.39 is 47.7 Å². The summed E-state index contributed by atoms with van der Waals surface area (Å²) >= 11 is 0. The standard InChI is InChI=1S/C12H13F3O5/c13-12(14,15)6-1-2-7(11(19)20)8(5-6)10(18)9(17)3-4-16/h1-2,5,9-10,16-18H,3-4H2,(H,19,20). The van der Waals surface area contributed by atoms with E-state index >= 15 is 0 Å². The van der Waals surface area contributed by atoms with Gasteiger partial charge in [0.2, 0.25) is 0 Å². The lowest BCUT2D eigenvalue weighted by Crippen LogP contribution is -2.22. The van der Waals surface area contributed by atoms with E-state index in [9.17, 15) is 28.2 Å². The molecule has 2 atom stereocenters. The Labute approximate surface area is 111 Å². The molecule has 1 aromatic rings. The largest absolute Gasteiger partial charge is 0.478 e. The molecule has 0 aliphatic carbocycles. The van der Waals surface area contributed by atoms with Crippen molar-refractivity contribution in [2.45, 2.75) is 24.8 Å². The van der Waals surface area contributed by atoms with Gasteiger partial charge in [0.15, 0.2) is 0 Å². The molecule has 112 valence electrons. The quantitative estimate of drug-likeness (QED) is 0.654. The minimum Gasteiger partial charge on any atom is -0.478 e. The molecule has 4 N–H and O–H groups in total. The van der Waals surface area contributed by atoms with Gasteiger partial charge in [-0.05, 0) is 30.2 Å². The highest BCUT2D eigenvalue weighted by atomic mass is 19.4. The summed E-state index contributed by atoms with van der Waals surface area (Å²) in [6.45, 7) is -0.500. The van der Waals surface area contributed by atoms with Crippen LogP contribution in [0.3, 0.4) is 0 Å². The normalized spacial score (nSPS) is 14.9. The Morgan fingerprint density at radius 3 is 2.30 bits per heavy atom. The SMILES string of the molecule is O=C(O)c1ccc(C(F)(F)F)cc1C(O)C(O)CCO. The molecule has 0 amide bonds. The van der Waals surface area contributed by atoms with Crippen molar-refractivity contribution in [3.8, 4) is 0 Å². The van der Waals surface area contributed by atoms with E-state index in [1.165, 1.54) is 0 Å². The predicted molar refractivity (Wildman–Crippen MR) is 61.1 cm³/mol. The summed E-state index contributed by atoms with van der Waals surface area (Å²) in [6.07, 6.45) is -8.40. The summed E-state index contributed by atoms with van der Waals surface area (Å²) < 4.78 is 37.7. The van der Waals surface area contributed by atoms with Gasteiger partial charge >= 0.3 is 12.1 Å². The molecule has 5 nitrogen and oxygen atoms in total. The van der Waals surface area contributed by atoms with Gasteiger partial charge in [0.25, 0.3) is 0 Å². The Bertz CT molecular complexity index is 486.